The second-order valence-corrected chi connectivity index (χ2v) is 5.85. The van der Waals surface area contributed by atoms with Crippen LogP contribution < -0.4 is 0 Å². The van der Waals surface area contributed by atoms with Gasteiger partial charge >= 0.3 is 0 Å². The molecule has 3 aromatic rings. The van der Waals surface area contributed by atoms with E-state index in [0.29, 0.717) is 22.1 Å². The molecule has 0 aliphatic carbocycles. The Morgan fingerprint density at radius 3 is 2.76 bits per heavy atom. The average Bonchev–Trinajstić information content (AvgIpc) is 3.13. The highest BCUT2D eigenvalue weighted by Gasteiger charge is 2.25. The van der Waals surface area contributed by atoms with Gasteiger partial charge in [0, 0.05) is 12.5 Å². The molecule has 0 bridgehead atoms. The van der Waals surface area contributed by atoms with Crippen molar-refractivity contribution in [1.82, 2.24) is 19.8 Å². The minimum atomic E-state index is -0.00860. The van der Waals surface area contributed by atoms with Crippen LogP contribution in [0.1, 0.15) is 18.2 Å². The smallest absolute Gasteiger partial charge is 0.234 e. The summed E-state index contributed by atoms with van der Waals surface area (Å²) in [5.41, 5.74) is 0.321. The molecule has 8 heteroatoms. The Bertz CT molecular complexity index is 787. The predicted octanol–water partition coefficient (Wildman–Crippen LogP) is 1.77. The van der Waals surface area contributed by atoms with Crippen LogP contribution in [0.5, 0.6) is 11.5 Å². The molecule has 1 aromatic carbocycles. The van der Waals surface area contributed by atoms with Crippen molar-refractivity contribution in [3.05, 3.63) is 24.0 Å². The second-order valence-electron chi connectivity index (χ2n) is 4.89. The summed E-state index contributed by atoms with van der Waals surface area (Å²) in [6, 6.07) is 4.61. The van der Waals surface area contributed by atoms with Crippen LogP contribution in [0, 0.1) is 0 Å². The SMILES string of the molecule is Oc1cccc(O)c1-c1nn2c(C3CCOC3)nnc2s1. The van der Waals surface area contributed by atoms with Gasteiger partial charge in [-0.05, 0) is 18.6 Å². The quantitative estimate of drug-likeness (QED) is 0.749. The fourth-order valence-electron chi connectivity index (χ4n) is 2.47. The normalized spacial score (nSPS) is 18.6. The molecule has 7 nitrogen and oxygen atoms in total. The van der Waals surface area contributed by atoms with Crippen molar-refractivity contribution in [2.75, 3.05) is 13.2 Å². The van der Waals surface area contributed by atoms with Crippen LogP contribution in [0.25, 0.3) is 15.5 Å². The fourth-order valence-corrected chi connectivity index (χ4v) is 3.38. The highest BCUT2D eigenvalue weighted by molar-refractivity contribution is 7.19. The minimum Gasteiger partial charge on any atom is -0.507 e. The van der Waals surface area contributed by atoms with Gasteiger partial charge < -0.3 is 14.9 Å². The average molecular weight is 304 g/mol. The molecular weight excluding hydrogens is 292 g/mol. The molecule has 1 atom stereocenters. The summed E-state index contributed by atoms with van der Waals surface area (Å²) < 4.78 is 7.05. The molecule has 2 N–H and O–H groups in total. The summed E-state index contributed by atoms with van der Waals surface area (Å²) in [4.78, 5) is 0.634. The lowest BCUT2D eigenvalue weighted by Crippen LogP contribution is -2.04. The first-order valence-electron chi connectivity index (χ1n) is 6.55. The van der Waals surface area contributed by atoms with Crippen LogP contribution in [-0.4, -0.2) is 43.2 Å². The van der Waals surface area contributed by atoms with Crippen LogP contribution in [0.2, 0.25) is 0 Å². The fraction of sp³-hybridized carbons (Fsp3) is 0.308. The molecule has 1 aliphatic heterocycles. The zero-order valence-corrected chi connectivity index (χ0v) is 11.7. The van der Waals surface area contributed by atoms with Gasteiger partial charge in [-0.25, -0.2) is 0 Å². The zero-order chi connectivity index (χ0) is 14.4. The maximum absolute atomic E-state index is 9.93. The second kappa shape index (κ2) is 4.68. The zero-order valence-electron chi connectivity index (χ0n) is 10.9. The van der Waals surface area contributed by atoms with E-state index in [4.69, 9.17) is 4.74 Å². The Morgan fingerprint density at radius 2 is 2.05 bits per heavy atom. The van der Waals surface area contributed by atoms with Gasteiger partial charge in [0.15, 0.2) is 10.8 Å². The summed E-state index contributed by atoms with van der Waals surface area (Å²) in [6.45, 7) is 1.34. The molecular formula is C13H12N4O3S. The molecule has 2 aromatic heterocycles. The number of rotatable bonds is 2. The number of nitrogens with zero attached hydrogens (tertiary/aromatic N) is 4. The van der Waals surface area contributed by atoms with Gasteiger partial charge in [-0.3, -0.25) is 0 Å². The molecule has 1 unspecified atom stereocenters. The van der Waals surface area contributed by atoms with Crippen molar-refractivity contribution < 1.29 is 14.9 Å². The molecule has 0 amide bonds. The third-order valence-electron chi connectivity index (χ3n) is 3.54. The largest absolute Gasteiger partial charge is 0.507 e. The number of aromatic hydroxyl groups is 2. The van der Waals surface area contributed by atoms with Crippen LogP contribution in [0.4, 0.5) is 0 Å². The number of hydrogen-bond acceptors (Lipinski definition) is 7. The van der Waals surface area contributed by atoms with Crippen molar-refractivity contribution in [3.8, 4) is 22.1 Å². The molecule has 0 saturated carbocycles. The molecule has 108 valence electrons. The minimum absolute atomic E-state index is 0.00860. The number of phenols is 2. The van der Waals surface area contributed by atoms with E-state index in [2.05, 4.69) is 15.3 Å². The Kier molecular flexibility index (Phi) is 2.79. The van der Waals surface area contributed by atoms with Gasteiger partial charge in [0.2, 0.25) is 4.96 Å². The third kappa shape index (κ3) is 1.95. The van der Waals surface area contributed by atoms with Gasteiger partial charge in [0.25, 0.3) is 0 Å². The molecule has 1 aliphatic rings. The lowest BCUT2D eigenvalue weighted by molar-refractivity contribution is 0.193. The summed E-state index contributed by atoms with van der Waals surface area (Å²) >= 11 is 1.28. The van der Waals surface area contributed by atoms with Crippen LogP contribution in [0.3, 0.4) is 0 Å². The first kappa shape index (κ1) is 12.5. The van der Waals surface area contributed by atoms with Crippen molar-refractivity contribution in [2.24, 2.45) is 0 Å². The van der Waals surface area contributed by atoms with Crippen molar-refractivity contribution in [3.63, 3.8) is 0 Å². The maximum Gasteiger partial charge on any atom is 0.234 e. The van der Waals surface area contributed by atoms with Crippen molar-refractivity contribution >= 4 is 16.3 Å². The molecule has 4 rings (SSSR count). The van der Waals surface area contributed by atoms with Crippen molar-refractivity contribution in [2.45, 2.75) is 12.3 Å². The van der Waals surface area contributed by atoms with Gasteiger partial charge in [-0.1, -0.05) is 17.4 Å². The summed E-state index contributed by atoms with van der Waals surface area (Å²) in [5.74, 6) is 0.934. The highest BCUT2D eigenvalue weighted by Crippen LogP contribution is 2.39. The lowest BCUT2D eigenvalue weighted by atomic mass is 10.1. The van der Waals surface area contributed by atoms with Crippen LogP contribution >= 0.6 is 11.3 Å². The monoisotopic (exact) mass is 304 g/mol. The van der Waals surface area contributed by atoms with E-state index < -0.39 is 0 Å². The van der Waals surface area contributed by atoms with E-state index in [1.54, 1.807) is 10.6 Å². The number of hydrogen-bond donors (Lipinski definition) is 2. The summed E-state index contributed by atoms with van der Waals surface area (Å²) in [6.07, 6.45) is 0.898. The first-order chi connectivity index (χ1) is 10.2. The standard InChI is InChI=1S/C13H12N4O3S/c18-8-2-1-3-9(19)10(8)12-16-17-11(7-4-5-20-6-7)14-15-13(17)21-12/h1-3,7,18-19H,4-6H2. The highest BCUT2D eigenvalue weighted by atomic mass is 32.1. The van der Waals surface area contributed by atoms with Gasteiger partial charge in [0.1, 0.15) is 11.5 Å². The lowest BCUT2D eigenvalue weighted by Gasteiger charge is -2.03. The maximum atomic E-state index is 9.93. The number of benzene rings is 1. The molecule has 21 heavy (non-hydrogen) atoms. The Morgan fingerprint density at radius 1 is 1.24 bits per heavy atom. The number of ether oxygens (including phenoxy) is 1. The van der Waals surface area contributed by atoms with E-state index in [1.807, 2.05) is 0 Å². The molecule has 0 radical (unpaired) electrons. The van der Waals surface area contributed by atoms with Crippen LogP contribution in [0.15, 0.2) is 18.2 Å². The molecule has 0 spiro atoms. The van der Waals surface area contributed by atoms with Gasteiger partial charge in [-0.2, -0.15) is 9.61 Å². The Balaban J connectivity index is 1.84. The van der Waals surface area contributed by atoms with E-state index in [9.17, 15) is 10.2 Å². The molecule has 1 saturated heterocycles. The van der Waals surface area contributed by atoms with Gasteiger partial charge in [-0.15, -0.1) is 10.2 Å². The third-order valence-corrected chi connectivity index (χ3v) is 4.46. The van der Waals surface area contributed by atoms with Crippen LogP contribution in [-0.2, 0) is 4.74 Å². The van der Waals surface area contributed by atoms with Gasteiger partial charge in [0.05, 0.1) is 12.2 Å². The van der Waals surface area contributed by atoms with E-state index in [1.165, 1.54) is 23.5 Å². The topological polar surface area (TPSA) is 92.8 Å². The van der Waals surface area contributed by atoms with Crippen molar-refractivity contribution in [1.29, 1.82) is 0 Å². The Hall–Kier alpha value is -2.19. The Labute approximate surface area is 123 Å². The number of aromatic nitrogens is 4. The van der Waals surface area contributed by atoms with E-state index in [-0.39, 0.29) is 17.4 Å². The number of phenolic OH excluding ortho intramolecular Hbond substituents is 2. The van der Waals surface area contributed by atoms with E-state index in [0.717, 1.165) is 18.9 Å². The number of fused-ring (bicyclic) bond motifs is 1. The summed E-state index contributed by atoms with van der Waals surface area (Å²) in [5, 5.41) is 33.1. The predicted molar refractivity (Wildman–Crippen MR) is 75.6 cm³/mol. The summed E-state index contributed by atoms with van der Waals surface area (Å²) in [7, 11) is 0. The van der Waals surface area contributed by atoms with E-state index >= 15 is 0 Å². The first-order valence-corrected chi connectivity index (χ1v) is 7.37. The molecule has 3 heterocycles. The molecule has 1 fully saturated rings.